The third kappa shape index (κ3) is 4.09. The molecule has 2 N–H and O–H groups in total. The molecule has 0 aliphatic carbocycles. The number of halogens is 1. The molecule has 1 aliphatic heterocycles. The first-order valence-electron chi connectivity index (χ1n) is 7.90. The quantitative estimate of drug-likeness (QED) is 0.882. The van der Waals surface area contributed by atoms with Gasteiger partial charge >= 0.3 is 0 Å². The lowest BCUT2D eigenvalue weighted by molar-refractivity contribution is -0.900. The fourth-order valence-electron chi connectivity index (χ4n) is 3.12. The van der Waals surface area contributed by atoms with Crippen molar-refractivity contribution in [2.45, 2.75) is 19.8 Å². The molecule has 2 aromatic rings. The second kappa shape index (κ2) is 7.10. The predicted octanol–water partition coefficient (Wildman–Crippen LogP) is 1.17. The van der Waals surface area contributed by atoms with Gasteiger partial charge in [0.2, 0.25) is 0 Å². The number of benzene rings is 1. The number of aromatic nitrogens is 3. The molecule has 1 aromatic heterocycles. The third-order valence-electron chi connectivity index (χ3n) is 4.17. The molecule has 1 unspecified atom stereocenters. The maximum Gasteiger partial charge on any atom is 0.279 e. The van der Waals surface area contributed by atoms with Gasteiger partial charge in [0.15, 0.2) is 6.54 Å². The second-order valence-electron chi connectivity index (χ2n) is 6.18. The lowest BCUT2D eigenvalue weighted by atomic mass is 10.0. The number of hydrogen-bond acceptors (Lipinski definition) is 3. The van der Waals surface area contributed by atoms with Crippen LogP contribution in [-0.2, 0) is 4.79 Å². The smallest absolute Gasteiger partial charge is 0.279 e. The Kier molecular flexibility index (Phi) is 4.93. The van der Waals surface area contributed by atoms with E-state index in [0.717, 1.165) is 18.8 Å². The molecule has 2 heterocycles. The van der Waals surface area contributed by atoms with Crippen LogP contribution in [0.2, 0.25) is 5.02 Å². The molecule has 3 rings (SSSR count). The van der Waals surface area contributed by atoms with Crippen molar-refractivity contribution < 1.29 is 9.69 Å². The van der Waals surface area contributed by atoms with Gasteiger partial charge in [0, 0.05) is 10.9 Å². The van der Waals surface area contributed by atoms with E-state index in [1.165, 1.54) is 24.1 Å². The molecular weight excluding hydrogens is 314 g/mol. The number of quaternary nitrogens is 1. The molecule has 0 bridgehead atoms. The SMILES string of the molecule is C[C@H]1CCC[NH+](CC(=O)Nc2cc(Cl)ccc2-n2cncn2)C1. The number of carbonyl (C=O) groups excluding carboxylic acids is 1. The van der Waals surface area contributed by atoms with Gasteiger partial charge in [-0.05, 0) is 31.0 Å². The molecule has 6 nitrogen and oxygen atoms in total. The highest BCUT2D eigenvalue weighted by Crippen LogP contribution is 2.23. The van der Waals surface area contributed by atoms with E-state index in [1.807, 2.05) is 6.07 Å². The zero-order chi connectivity index (χ0) is 16.2. The first-order valence-corrected chi connectivity index (χ1v) is 8.27. The van der Waals surface area contributed by atoms with E-state index in [9.17, 15) is 4.79 Å². The summed E-state index contributed by atoms with van der Waals surface area (Å²) in [7, 11) is 0. The van der Waals surface area contributed by atoms with Crippen molar-refractivity contribution in [2.24, 2.45) is 5.92 Å². The number of hydrogen-bond donors (Lipinski definition) is 2. The number of anilines is 1. The van der Waals surface area contributed by atoms with Crippen LogP contribution >= 0.6 is 11.6 Å². The molecule has 23 heavy (non-hydrogen) atoms. The Morgan fingerprint density at radius 1 is 1.52 bits per heavy atom. The molecule has 1 saturated heterocycles. The summed E-state index contributed by atoms with van der Waals surface area (Å²) in [5.41, 5.74) is 1.40. The Morgan fingerprint density at radius 3 is 3.13 bits per heavy atom. The average Bonchev–Trinajstić information content (AvgIpc) is 3.01. The number of piperidine rings is 1. The molecule has 0 spiro atoms. The molecule has 0 radical (unpaired) electrons. The van der Waals surface area contributed by atoms with Crippen LogP contribution < -0.4 is 10.2 Å². The lowest BCUT2D eigenvalue weighted by Crippen LogP contribution is -3.14. The number of rotatable bonds is 4. The topological polar surface area (TPSA) is 64.2 Å². The molecular formula is C16H21ClN5O+. The van der Waals surface area contributed by atoms with Crippen LogP contribution in [0.4, 0.5) is 5.69 Å². The molecule has 1 aliphatic rings. The van der Waals surface area contributed by atoms with Gasteiger partial charge in [0.25, 0.3) is 5.91 Å². The Hall–Kier alpha value is -1.92. The summed E-state index contributed by atoms with van der Waals surface area (Å²) in [4.78, 5) is 17.7. The maximum absolute atomic E-state index is 12.4. The highest BCUT2D eigenvalue weighted by atomic mass is 35.5. The third-order valence-corrected chi connectivity index (χ3v) is 4.41. The second-order valence-corrected chi connectivity index (χ2v) is 6.61. The van der Waals surface area contributed by atoms with Gasteiger partial charge in [-0.1, -0.05) is 18.5 Å². The standard InChI is InChI=1S/C16H20ClN5O/c1-12-3-2-6-21(8-12)9-16(23)20-14-7-13(17)4-5-15(14)22-11-18-10-19-22/h4-5,7,10-12H,2-3,6,8-9H2,1H3,(H,20,23)/p+1/t12-/m0/s1. The summed E-state index contributed by atoms with van der Waals surface area (Å²) in [5.74, 6) is 0.682. The van der Waals surface area contributed by atoms with E-state index >= 15 is 0 Å². The Balaban J connectivity index is 1.72. The van der Waals surface area contributed by atoms with Gasteiger partial charge in [0.05, 0.1) is 24.5 Å². The van der Waals surface area contributed by atoms with Gasteiger partial charge in [0.1, 0.15) is 12.7 Å². The van der Waals surface area contributed by atoms with Crippen molar-refractivity contribution in [3.8, 4) is 5.69 Å². The average molecular weight is 335 g/mol. The van der Waals surface area contributed by atoms with Crippen LogP contribution in [-0.4, -0.2) is 40.3 Å². The summed E-state index contributed by atoms with van der Waals surface area (Å²) < 4.78 is 1.61. The van der Waals surface area contributed by atoms with Crippen LogP contribution in [0.3, 0.4) is 0 Å². The summed E-state index contributed by atoms with van der Waals surface area (Å²) >= 11 is 6.07. The van der Waals surface area contributed by atoms with Crippen molar-refractivity contribution in [1.82, 2.24) is 14.8 Å². The first-order chi connectivity index (χ1) is 11.1. The molecule has 0 saturated carbocycles. The Morgan fingerprint density at radius 2 is 2.39 bits per heavy atom. The van der Waals surface area contributed by atoms with E-state index in [2.05, 4.69) is 22.3 Å². The number of likely N-dealkylation sites (tertiary alicyclic amines) is 1. The van der Waals surface area contributed by atoms with Gasteiger partial charge in [-0.15, -0.1) is 0 Å². The normalized spacial score (nSPS) is 21.1. The van der Waals surface area contributed by atoms with Gasteiger partial charge < -0.3 is 10.2 Å². The highest BCUT2D eigenvalue weighted by Gasteiger charge is 2.22. The maximum atomic E-state index is 12.4. The lowest BCUT2D eigenvalue weighted by Gasteiger charge is -2.27. The number of nitrogens with zero attached hydrogens (tertiary/aromatic N) is 3. The van der Waals surface area contributed by atoms with Crippen LogP contribution in [0.25, 0.3) is 5.69 Å². The number of carbonyl (C=O) groups is 1. The zero-order valence-corrected chi connectivity index (χ0v) is 13.9. The summed E-state index contributed by atoms with van der Waals surface area (Å²) in [5, 5.41) is 7.66. The van der Waals surface area contributed by atoms with Crippen LogP contribution in [0.5, 0.6) is 0 Å². The van der Waals surface area contributed by atoms with Crippen LogP contribution in [0.1, 0.15) is 19.8 Å². The molecule has 7 heteroatoms. The molecule has 1 amide bonds. The molecule has 1 fully saturated rings. The van der Waals surface area contributed by atoms with Gasteiger partial charge in [-0.2, -0.15) is 5.10 Å². The van der Waals surface area contributed by atoms with E-state index in [4.69, 9.17) is 11.6 Å². The van der Waals surface area contributed by atoms with Crippen LogP contribution in [0.15, 0.2) is 30.9 Å². The van der Waals surface area contributed by atoms with Gasteiger partial charge in [-0.25, -0.2) is 9.67 Å². The van der Waals surface area contributed by atoms with E-state index in [1.54, 1.807) is 23.1 Å². The highest BCUT2D eigenvalue weighted by molar-refractivity contribution is 6.31. The monoisotopic (exact) mass is 334 g/mol. The predicted molar refractivity (Wildman–Crippen MR) is 89.0 cm³/mol. The first kappa shape index (κ1) is 16.0. The zero-order valence-electron chi connectivity index (χ0n) is 13.1. The van der Waals surface area contributed by atoms with Crippen molar-refractivity contribution in [1.29, 1.82) is 0 Å². The minimum Gasteiger partial charge on any atom is -0.327 e. The van der Waals surface area contributed by atoms with E-state index in [-0.39, 0.29) is 5.91 Å². The fraction of sp³-hybridized carbons (Fsp3) is 0.438. The minimum atomic E-state index is -0.00210. The van der Waals surface area contributed by atoms with Gasteiger partial charge in [-0.3, -0.25) is 4.79 Å². The van der Waals surface area contributed by atoms with Crippen molar-refractivity contribution in [2.75, 3.05) is 25.0 Å². The fourth-order valence-corrected chi connectivity index (χ4v) is 3.29. The number of nitrogens with one attached hydrogen (secondary N) is 2. The van der Waals surface area contributed by atoms with Crippen LogP contribution in [0, 0.1) is 5.92 Å². The van der Waals surface area contributed by atoms with Crippen molar-refractivity contribution in [3.63, 3.8) is 0 Å². The Labute approximate surface area is 140 Å². The Bertz CT molecular complexity index is 673. The largest absolute Gasteiger partial charge is 0.327 e. The van der Waals surface area contributed by atoms with E-state index < -0.39 is 0 Å². The number of amides is 1. The molecule has 122 valence electrons. The van der Waals surface area contributed by atoms with E-state index in [0.29, 0.717) is 23.2 Å². The van der Waals surface area contributed by atoms with Crippen molar-refractivity contribution >= 4 is 23.2 Å². The minimum absolute atomic E-state index is 0.00210. The molecule has 2 atom stereocenters. The summed E-state index contributed by atoms with van der Waals surface area (Å²) in [6.07, 6.45) is 5.50. The summed E-state index contributed by atoms with van der Waals surface area (Å²) in [6, 6.07) is 5.33. The summed E-state index contributed by atoms with van der Waals surface area (Å²) in [6.45, 7) is 4.84. The van der Waals surface area contributed by atoms with Crippen molar-refractivity contribution in [3.05, 3.63) is 35.9 Å². The molecule has 1 aromatic carbocycles.